The summed E-state index contributed by atoms with van der Waals surface area (Å²) in [5.41, 5.74) is 6.53. The second-order valence-corrected chi connectivity index (χ2v) is 5.83. The van der Waals surface area contributed by atoms with Crippen LogP contribution in [-0.2, 0) is 9.53 Å². The minimum absolute atomic E-state index is 0.116. The van der Waals surface area contributed by atoms with E-state index in [0.29, 0.717) is 23.2 Å². The first-order valence-corrected chi connectivity index (χ1v) is 7.90. The van der Waals surface area contributed by atoms with E-state index in [4.69, 9.17) is 15.7 Å². The molecule has 132 valence electrons. The van der Waals surface area contributed by atoms with E-state index < -0.39 is 23.9 Å². The molecule has 3 rings (SSSR count). The van der Waals surface area contributed by atoms with Crippen LogP contribution in [0.3, 0.4) is 0 Å². The highest BCUT2D eigenvalue weighted by molar-refractivity contribution is 5.90. The number of anilines is 1. The Labute approximate surface area is 148 Å². The molecule has 7 nitrogen and oxygen atoms in total. The molecule has 0 aliphatic carbocycles. The van der Waals surface area contributed by atoms with Crippen molar-refractivity contribution in [1.82, 2.24) is 4.98 Å². The molecule has 1 aliphatic rings. The minimum Gasteiger partial charge on any atom is -0.444 e. The van der Waals surface area contributed by atoms with E-state index in [9.17, 15) is 14.0 Å². The molecule has 26 heavy (non-hydrogen) atoms. The first-order valence-electron chi connectivity index (χ1n) is 7.90. The zero-order chi connectivity index (χ0) is 18.7. The third-order valence-corrected chi connectivity index (χ3v) is 4.04. The molecule has 0 bridgehead atoms. The average molecular weight is 354 g/mol. The quantitative estimate of drug-likeness (QED) is 0.886. The number of carbonyl (C=O) groups is 2. The van der Waals surface area contributed by atoms with Crippen LogP contribution in [0.1, 0.15) is 18.5 Å². The van der Waals surface area contributed by atoms with E-state index >= 15 is 0 Å². The fourth-order valence-corrected chi connectivity index (χ4v) is 2.71. The SMILES string of the molecule is N#Cc1ccc(-c2ccc(N3CC(CCC(N)=O)OC3=O)cc2F)cn1. The zero-order valence-corrected chi connectivity index (χ0v) is 13.7. The van der Waals surface area contributed by atoms with Crippen molar-refractivity contribution in [2.45, 2.75) is 18.9 Å². The van der Waals surface area contributed by atoms with Crippen LogP contribution in [0.15, 0.2) is 36.5 Å². The number of nitrogens with zero attached hydrogens (tertiary/aromatic N) is 3. The molecule has 1 fully saturated rings. The summed E-state index contributed by atoms with van der Waals surface area (Å²) in [6.07, 6.45) is 0.813. The monoisotopic (exact) mass is 354 g/mol. The molecular weight excluding hydrogens is 339 g/mol. The van der Waals surface area contributed by atoms with Gasteiger partial charge in [0.2, 0.25) is 5.91 Å². The van der Waals surface area contributed by atoms with Gasteiger partial charge in [0, 0.05) is 23.7 Å². The number of pyridine rings is 1. The lowest BCUT2D eigenvalue weighted by molar-refractivity contribution is -0.118. The van der Waals surface area contributed by atoms with Gasteiger partial charge in [-0.2, -0.15) is 5.26 Å². The maximum Gasteiger partial charge on any atom is 0.414 e. The molecule has 1 atom stereocenters. The van der Waals surface area contributed by atoms with Gasteiger partial charge in [0.1, 0.15) is 23.7 Å². The van der Waals surface area contributed by atoms with E-state index in [-0.39, 0.29) is 18.7 Å². The number of nitriles is 1. The molecule has 2 aromatic rings. The topological polar surface area (TPSA) is 109 Å². The number of hydrogen-bond donors (Lipinski definition) is 1. The van der Waals surface area contributed by atoms with Gasteiger partial charge >= 0.3 is 6.09 Å². The van der Waals surface area contributed by atoms with Crippen molar-refractivity contribution in [3.63, 3.8) is 0 Å². The summed E-state index contributed by atoms with van der Waals surface area (Å²) in [5, 5.41) is 8.76. The fraction of sp³-hybridized carbons (Fsp3) is 0.222. The van der Waals surface area contributed by atoms with E-state index in [1.165, 1.54) is 29.3 Å². The van der Waals surface area contributed by atoms with Crippen LogP contribution in [0.2, 0.25) is 0 Å². The van der Waals surface area contributed by atoms with Crippen LogP contribution in [-0.4, -0.2) is 29.6 Å². The van der Waals surface area contributed by atoms with Crippen molar-refractivity contribution in [2.75, 3.05) is 11.4 Å². The molecule has 1 aromatic heterocycles. The van der Waals surface area contributed by atoms with E-state index in [0.717, 1.165) is 0 Å². The number of carbonyl (C=O) groups excluding carboxylic acids is 2. The van der Waals surface area contributed by atoms with Crippen LogP contribution in [0.5, 0.6) is 0 Å². The summed E-state index contributed by atoms with van der Waals surface area (Å²) in [6.45, 7) is 0.226. The summed E-state index contributed by atoms with van der Waals surface area (Å²) in [5.74, 6) is -0.992. The molecule has 0 spiro atoms. The Hall–Kier alpha value is -3.47. The van der Waals surface area contributed by atoms with Crippen molar-refractivity contribution < 1.29 is 18.7 Å². The van der Waals surface area contributed by atoms with Crippen molar-refractivity contribution >= 4 is 17.7 Å². The summed E-state index contributed by atoms with van der Waals surface area (Å²) >= 11 is 0. The smallest absolute Gasteiger partial charge is 0.414 e. The fourth-order valence-electron chi connectivity index (χ4n) is 2.71. The lowest BCUT2D eigenvalue weighted by Gasteiger charge is -2.14. The lowest BCUT2D eigenvalue weighted by Crippen LogP contribution is -2.25. The minimum atomic E-state index is -0.591. The van der Waals surface area contributed by atoms with E-state index in [2.05, 4.69) is 4.98 Å². The molecule has 0 radical (unpaired) electrons. The Morgan fingerprint density at radius 2 is 2.23 bits per heavy atom. The molecule has 0 saturated carbocycles. The molecule has 1 unspecified atom stereocenters. The highest BCUT2D eigenvalue weighted by Crippen LogP contribution is 2.29. The number of aromatic nitrogens is 1. The van der Waals surface area contributed by atoms with Gasteiger partial charge in [-0.05, 0) is 36.8 Å². The predicted octanol–water partition coefficient (Wildman–Crippen LogP) is 2.35. The van der Waals surface area contributed by atoms with Gasteiger partial charge in [0.15, 0.2) is 0 Å². The number of halogens is 1. The Morgan fingerprint density at radius 1 is 1.42 bits per heavy atom. The maximum absolute atomic E-state index is 14.5. The Balaban J connectivity index is 1.78. The van der Waals surface area contributed by atoms with Crippen molar-refractivity contribution in [3.05, 3.63) is 48.0 Å². The summed E-state index contributed by atoms with van der Waals surface area (Å²) in [6, 6.07) is 9.40. The molecule has 2 N–H and O–H groups in total. The molecular formula is C18H15FN4O3. The van der Waals surface area contributed by atoms with E-state index in [1.54, 1.807) is 12.1 Å². The predicted molar refractivity (Wildman–Crippen MR) is 90.4 cm³/mol. The third kappa shape index (κ3) is 3.62. The van der Waals surface area contributed by atoms with Crippen LogP contribution in [0.4, 0.5) is 14.9 Å². The first kappa shape index (κ1) is 17.4. The Kier molecular flexibility index (Phi) is 4.80. The van der Waals surface area contributed by atoms with Gasteiger partial charge in [-0.25, -0.2) is 14.2 Å². The summed E-state index contributed by atoms with van der Waals surface area (Å²) < 4.78 is 19.7. The van der Waals surface area contributed by atoms with Gasteiger partial charge in [-0.3, -0.25) is 9.69 Å². The van der Waals surface area contributed by atoms with Crippen LogP contribution >= 0.6 is 0 Å². The standard InChI is InChI=1S/C18H15FN4O3/c19-16-7-13(23-10-14(26-18(23)25)4-6-17(21)24)3-5-15(16)11-1-2-12(8-20)22-9-11/h1-3,5,7,9,14H,4,6,10H2,(H2,21,24). The van der Waals surface area contributed by atoms with Crippen molar-refractivity contribution in [1.29, 1.82) is 5.26 Å². The van der Waals surface area contributed by atoms with Gasteiger partial charge in [-0.1, -0.05) is 0 Å². The highest BCUT2D eigenvalue weighted by atomic mass is 19.1. The Morgan fingerprint density at radius 3 is 2.85 bits per heavy atom. The second kappa shape index (κ2) is 7.19. The molecule has 2 amide bonds. The molecule has 8 heteroatoms. The number of nitrogens with two attached hydrogens (primary N) is 1. The number of cyclic esters (lactones) is 1. The first-order chi connectivity index (χ1) is 12.5. The molecule has 1 saturated heterocycles. The Bertz CT molecular complexity index is 892. The normalized spacial score (nSPS) is 16.2. The van der Waals surface area contributed by atoms with Crippen LogP contribution in [0.25, 0.3) is 11.1 Å². The molecule has 2 heterocycles. The van der Waals surface area contributed by atoms with Gasteiger partial charge in [0.05, 0.1) is 12.2 Å². The second-order valence-electron chi connectivity index (χ2n) is 5.83. The highest BCUT2D eigenvalue weighted by Gasteiger charge is 2.32. The van der Waals surface area contributed by atoms with Crippen molar-refractivity contribution in [2.24, 2.45) is 5.73 Å². The zero-order valence-electron chi connectivity index (χ0n) is 13.7. The molecule has 1 aliphatic heterocycles. The number of ether oxygens (including phenoxy) is 1. The number of rotatable bonds is 5. The largest absolute Gasteiger partial charge is 0.444 e. The van der Waals surface area contributed by atoms with Gasteiger partial charge in [-0.15, -0.1) is 0 Å². The number of hydrogen-bond acceptors (Lipinski definition) is 5. The maximum atomic E-state index is 14.5. The van der Waals surface area contributed by atoms with E-state index in [1.807, 2.05) is 6.07 Å². The summed E-state index contributed by atoms with van der Waals surface area (Å²) in [7, 11) is 0. The van der Waals surface area contributed by atoms with Crippen molar-refractivity contribution in [3.8, 4) is 17.2 Å². The lowest BCUT2D eigenvalue weighted by atomic mass is 10.1. The molecule has 1 aromatic carbocycles. The number of amides is 2. The van der Waals surface area contributed by atoms with Crippen LogP contribution in [0, 0.1) is 17.1 Å². The number of primary amides is 1. The van der Waals surface area contributed by atoms with Gasteiger partial charge < -0.3 is 10.5 Å². The van der Waals surface area contributed by atoms with Crippen LogP contribution < -0.4 is 10.6 Å². The summed E-state index contributed by atoms with van der Waals surface area (Å²) in [4.78, 5) is 28.1. The van der Waals surface area contributed by atoms with Gasteiger partial charge in [0.25, 0.3) is 0 Å². The number of benzene rings is 1. The average Bonchev–Trinajstić information content (AvgIpc) is 3.01. The third-order valence-electron chi connectivity index (χ3n) is 4.04.